The molecule has 2 saturated heterocycles. The van der Waals surface area contributed by atoms with E-state index in [9.17, 15) is 14.4 Å². The Labute approximate surface area is 223 Å². The molecule has 5 rings (SSSR count). The third-order valence-electron chi connectivity index (χ3n) is 7.18. The summed E-state index contributed by atoms with van der Waals surface area (Å²) in [6.45, 7) is 10.3. The number of amides is 3. The van der Waals surface area contributed by atoms with Crippen molar-refractivity contribution in [3.8, 4) is 0 Å². The van der Waals surface area contributed by atoms with E-state index in [4.69, 9.17) is 6.11 Å². The molecule has 2 aromatic rings. The van der Waals surface area contributed by atoms with Gasteiger partial charge in [-0.3, -0.25) is 24.6 Å². The van der Waals surface area contributed by atoms with Gasteiger partial charge in [0, 0.05) is 67.1 Å². The van der Waals surface area contributed by atoms with Crippen LogP contribution < -0.4 is 10.6 Å². The topological polar surface area (TPSA) is 91.0 Å². The predicted octanol–water partition coefficient (Wildman–Crippen LogP) is 3.59. The first-order chi connectivity index (χ1) is 18.3. The van der Waals surface area contributed by atoms with E-state index in [-0.39, 0.29) is 43.0 Å². The number of nitrogens with one attached hydrogen (secondary N) is 2. The smallest absolute Gasteiger partial charge is 0.255 e. The maximum absolute atomic E-state index is 15.6. The van der Waals surface area contributed by atoms with Crippen LogP contribution in [0.5, 0.6) is 0 Å². The average molecular weight is 524 g/mol. The minimum Gasteiger partial charge on any atom is -0.381 e. The van der Waals surface area contributed by atoms with Gasteiger partial charge in [0.25, 0.3) is 5.91 Å². The number of benzene rings is 2. The number of piperidine rings is 1. The molecule has 0 radical (unpaired) electrons. The number of nitrogens with zero attached hydrogens (tertiary/aromatic N) is 2. The van der Waals surface area contributed by atoms with Crippen molar-refractivity contribution in [3.05, 3.63) is 64.5 Å². The van der Waals surface area contributed by atoms with Gasteiger partial charge in [0.1, 0.15) is 11.8 Å². The lowest BCUT2D eigenvalue weighted by Gasteiger charge is -2.47. The zero-order valence-electron chi connectivity index (χ0n) is 23.3. The first kappa shape index (κ1) is 25.0. The molecule has 3 aliphatic rings. The highest BCUT2D eigenvalue weighted by Gasteiger charge is 2.40. The van der Waals surface area contributed by atoms with Crippen LogP contribution in [-0.2, 0) is 34.0 Å². The largest absolute Gasteiger partial charge is 0.381 e. The van der Waals surface area contributed by atoms with Crippen LogP contribution in [0.4, 0.5) is 10.1 Å². The number of carbonyl (C=O) groups is 3. The fraction of sp³-hybridized carbons (Fsp3) is 0.483. The summed E-state index contributed by atoms with van der Waals surface area (Å²) in [7, 11) is 0. The molecule has 0 saturated carbocycles. The molecule has 38 heavy (non-hydrogen) atoms. The van der Waals surface area contributed by atoms with Crippen LogP contribution in [-0.4, -0.2) is 57.8 Å². The molecular weight excluding hydrogens is 487 g/mol. The van der Waals surface area contributed by atoms with E-state index < -0.39 is 23.7 Å². The summed E-state index contributed by atoms with van der Waals surface area (Å²) in [5.74, 6) is -1.94. The maximum Gasteiger partial charge on any atom is 0.255 e. The number of fused-ring (bicyclic) bond motifs is 1. The summed E-state index contributed by atoms with van der Waals surface area (Å²) in [6.07, 6.45) is -0.0643. The first-order valence-corrected chi connectivity index (χ1v) is 13.0. The van der Waals surface area contributed by atoms with Crippen molar-refractivity contribution in [2.24, 2.45) is 0 Å². The van der Waals surface area contributed by atoms with E-state index >= 15 is 4.39 Å². The van der Waals surface area contributed by atoms with Crippen molar-refractivity contribution < 1.29 is 24.9 Å². The Morgan fingerprint density at radius 3 is 2.47 bits per heavy atom. The van der Waals surface area contributed by atoms with Crippen LogP contribution in [0.3, 0.4) is 0 Å². The van der Waals surface area contributed by atoms with E-state index in [0.717, 1.165) is 0 Å². The summed E-state index contributed by atoms with van der Waals surface area (Å²) >= 11 is 0. The zero-order valence-corrected chi connectivity index (χ0v) is 22.3. The number of rotatable bonds is 6. The predicted molar refractivity (Wildman–Crippen MR) is 141 cm³/mol. The Balaban J connectivity index is 1.31. The van der Waals surface area contributed by atoms with Gasteiger partial charge in [-0.05, 0) is 46.2 Å². The van der Waals surface area contributed by atoms with E-state index in [0.29, 0.717) is 47.6 Å². The number of halogens is 1. The zero-order chi connectivity index (χ0) is 28.2. The second-order valence-electron chi connectivity index (χ2n) is 11.6. The molecule has 8 nitrogen and oxygen atoms in total. The standard InChI is InChI=1S/C29H35FN4O4/c1-28(2)16-33(17-29(3,4)38-28)14-19-8-5-7-18(25(19)30)13-31-22-10-6-9-20-21(22)15-34(27(20)37)23-11-12-24(35)32-26(23)36/h5-10,23,31H,11-17H2,1-4H3,(H,32,35,36)/i23D. The lowest BCUT2D eigenvalue weighted by molar-refractivity contribution is -0.182. The van der Waals surface area contributed by atoms with Crippen molar-refractivity contribution >= 4 is 23.4 Å². The van der Waals surface area contributed by atoms with Gasteiger partial charge in [-0.15, -0.1) is 0 Å². The molecule has 2 N–H and O–H groups in total. The third kappa shape index (κ3) is 5.31. The van der Waals surface area contributed by atoms with Gasteiger partial charge < -0.3 is 15.0 Å². The van der Waals surface area contributed by atoms with Gasteiger partial charge in [-0.1, -0.05) is 24.3 Å². The normalized spacial score (nSPS) is 25.1. The number of anilines is 1. The molecule has 1 unspecified atom stereocenters. The quantitative estimate of drug-likeness (QED) is 0.563. The van der Waals surface area contributed by atoms with Crippen molar-refractivity contribution in [2.45, 2.75) is 77.4 Å². The van der Waals surface area contributed by atoms with E-state index in [1.54, 1.807) is 30.3 Å². The van der Waals surface area contributed by atoms with Gasteiger partial charge in [0.05, 0.1) is 12.6 Å². The van der Waals surface area contributed by atoms with Gasteiger partial charge >= 0.3 is 0 Å². The monoisotopic (exact) mass is 523 g/mol. The maximum atomic E-state index is 15.6. The molecule has 2 fully saturated rings. The van der Waals surface area contributed by atoms with Crippen LogP contribution in [0.15, 0.2) is 36.4 Å². The number of imide groups is 1. The van der Waals surface area contributed by atoms with Gasteiger partial charge in [-0.2, -0.15) is 0 Å². The van der Waals surface area contributed by atoms with E-state index in [1.807, 2.05) is 33.8 Å². The molecule has 0 spiro atoms. The van der Waals surface area contributed by atoms with Crippen molar-refractivity contribution in [1.29, 1.82) is 0 Å². The van der Waals surface area contributed by atoms with E-state index in [2.05, 4.69) is 15.5 Å². The fourth-order valence-electron chi connectivity index (χ4n) is 5.96. The highest BCUT2D eigenvalue weighted by Crippen LogP contribution is 2.33. The summed E-state index contributed by atoms with van der Waals surface area (Å²) in [5.41, 5.74) is 2.12. The molecular formula is C29H35FN4O4. The average Bonchev–Trinajstić information content (AvgIpc) is 3.18. The number of carbonyl (C=O) groups excluding carboxylic acids is 3. The molecule has 0 aromatic heterocycles. The molecule has 3 amide bonds. The Kier molecular flexibility index (Phi) is 6.44. The number of hydrogen-bond donors (Lipinski definition) is 2. The van der Waals surface area contributed by atoms with Crippen molar-refractivity contribution in [2.75, 3.05) is 18.4 Å². The highest BCUT2D eigenvalue weighted by molar-refractivity contribution is 6.06. The summed E-state index contributed by atoms with van der Waals surface area (Å²) in [6, 6.07) is 8.71. The minimum atomic E-state index is -1.86. The highest BCUT2D eigenvalue weighted by atomic mass is 19.1. The first-order valence-electron chi connectivity index (χ1n) is 13.5. The third-order valence-corrected chi connectivity index (χ3v) is 7.18. The Hall–Kier alpha value is -3.30. The fourth-order valence-corrected chi connectivity index (χ4v) is 5.96. The minimum absolute atomic E-state index is 0.00443. The van der Waals surface area contributed by atoms with Crippen LogP contribution >= 0.6 is 0 Å². The summed E-state index contributed by atoms with van der Waals surface area (Å²) < 4.78 is 30.5. The molecule has 1 atom stereocenters. The molecule has 3 heterocycles. The van der Waals surface area contributed by atoms with Crippen LogP contribution in [0, 0.1) is 5.82 Å². The second-order valence-corrected chi connectivity index (χ2v) is 11.6. The molecule has 2 aromatic carbocycles. The van der Waals surface area contributed by atoms with Gasteiger partial charge in [-0.25, -0.2) is 4.39 Å². The lowest BCUT2D eigenvalue weighted by Crippen LogP contribution is -2.56. The Bertz CT molecular complexity index is 1330. The summed E-state index contributed by atoms with van der Waals surface area (Å²) in [4.78, 5) is 40.7. The van der Waals surface area contributed by atoms with Crippen molar-refractivity contribution in [3.63, 3.8) is 0 Å². The molecule has 9 heteroatoms. The Morgan fingerprint density at radius 1 is 1.08 bits per heavy atom. The number of ether oxygens (including phenoxy) is 1. The number of morpholine rings is 1. The van der Waals surface area contributed by atoms with Crippen LogP contribution in [0.25, 0.3) is 0 Å². The number of hydrogen-bond acceptors (Lipinski definition) is 6. The molecule has 202 valence electrons. The second kappa shape index (κ2) is 9.78. The van der Waals surface area contributed by atoms with Crippen LogP contribution in [0.2, 0.25) is 0 Å². The SMILES string of the molecule is [2H]C1(N2Cc3c(NCc4cccc(CN5CC(C)(C)OC(C)(C)C5)c4F)cccc3C2=O)CCC(=O)NC1=O. The van der Waals surface area contributed by atoms with Gasteiger partial charge in [0.15, 0.2) is 0 Å². The Morgan fingerprint density at radius 2 is 1.76 bits per heavy atom. The summed E-state index contributed by atoms with van der Waals surface area (Å²) in [5, 5.41) is 5.44. The van der Waals surface area contributed by atoms with E-state index in [1.165, 1.54) is 4.90 Å². The van der Waals surface area contributed by atoms with Crippen LogP contribution in [0.1, 0.15) is 69.0 Å². The van der Waals surface area contributed by atoms with Crippen molar-refractivity contribution in [1.82, 2.24) is 15.1 Å². The molecule has 3 aliphatic heterocycles. The lowest BCUT2D eigenvalue weighted by atomic mass is 9.98. The molecule has 0 bridgehead atoms. The van der Waals surface area contributed by atoms with Gasteiger partial charge in [0.2, 0.25) is 11.8 Å². The molecule has 0 aliphatic carbocycles.